The van der Waals surface area contributed by atoms with E-state index in [0.717, 1.165) is 16.0 Å². The normalized spacial score (nSPS) is 10.2. The molecule has 122 valence electrons. The van der Waals surface area contributed by atoms with E-state index >= 15 is 0 Å². The minimum absolute atomic E-state index is 0.248. The van der Waals surface area contributed by atoms with Gasteiger partial charge in [0.15, 0.2) is 11.5 Å². The van der Waals surface area contributed by atoms with Gasteiger partial charge in [-0.2, -0.15) is 0 Å². The van der Waals surface area contributed by atoms with Crippen molar-refractivity contribution < 1.29 is 23.8 Å². The van der Waals surface area contributed by atoms with E-state index in [9.17, 15) is 9.59 Å². The zero-order chi connectivity index (χ0) is 16.8. The molecule has 2 rings (SSSR count). The number of carbonyl (C=O) groups is 2. The van der Waals surface area contributed by atoms with Crippen molar-refractivity contribution in [1.82, 2.24) is 0 Å². The molecule has 0 aliphatic carbocycles. The molecule has 0 saturated carbocycles. The summed E-state index contributed by atoms with van der Waals surface area (Å²) in [7, 11) is 1.31. The van der Waals surface area contributed by atoms with E-state index in [1.165, 1.54) is 18.4 Å². The van der Waals surface area contributed by atoms with Crippen molar-refractivity contribution in [2.24, 2.45) is 0 Å². The van der Waals surface area contributed by atoms with Crippen LogP contribution in [0.4, 0.5) is 0 Å². The first-order chi connectivity index (χ1) is 11.1. The van der Waals surface area contributed by atoms with Crippen LogP contribution in [0.1, 0.15) is 22.2 Å². The highest BCUT2D eigenvalue weighted by Gasteiger charge is 2.20. The van der Waals surface area contributed by atoms with E-state index in [2.05, 4.69) is 0 Å². The molecule has 0 bridgehead atoms. The second-order valence-electron chi connectivity index (χ2n) is 4.70. The quantitative estimate of drug-likeness (QED) is 0.757. The Hall–Kier alpha value is -2.34. The summed E-state index contributed by atoms with van der Waals surface area (Å²) in [5.41, 5.74) is 2.09. The number of hydrogen-bond acceptors (Lipinski definition) is 6. The summed E-state index contributed by atoms with van der Waals surface area (Å²) in [5, 5.41) is 0. The topological polar surface area (TPSA) is 61.8 Å². The number of thiophene rings is 1. The maximum Gasteiger partial charge on any atom is 0.351 e. The van der Waals surface area contributed by atoms with E-state index in [1.54, 1.807) is 13.0 Å². The smallest absolute Gasteiger partial charge is 0.351 e. The van der Waals surface area contributed by atoms with Crippen molar-refractivity contribution in [2.45, 2.75) is 13.8 Å². The Morgan fingerprint density at radius 2 is 1.96 bits per heavy atom. The predicted molar refractivity (Wildman–Crippen MR) is 88.0 cm³/mol. The van der Waals surface area contributed by atoms with Gasteiger partial charge in [-0.05, 0) is 31.0 Å². The van der Waals surface area contributed by atoms with Gasteiger partial charge in [0.25, 0.3) is 0 Å². The fourth-order valence-corrected chi connectivity index (χ4v) is 3.15. The van der Waals surface area contributed by atoms with Gasteiger partial charge < -0.3 is 14.2 Å². The molecule has 5 nitrogen and oxygen atoms in total. The van der Waals surface area contributed by atoms with E-state index < -0.39 is 11.9 Å². The molecule has 0 amide bonds. The number of aryl methyl sites for hydroxylation is 1. The van der Waals surface area contributed by atoms with Crippen LogP contribution in [0, 0.1) is 6.92 Å². The largest absolute Gasteiger partial charge is 0.480 e. The van der Waals surface area contributed by atoms with Crippen LogP contribution in [0.2, 0.25) is 0 Å². The van der Waals surface area contributed by atoms with Crippen LogP contribution in [-0.4, -0.2) is 32.3 Å². The Labute approximate surface area is 138 Å². The molecule has 0 N–H and O–H groups in total. The fourth-order valence-electron chi connectivity index (χ4n) is 2.04. The number of hydrogen-bond donors (Lipinski definition) is 0. The standard InChI is InChI=1S/C17H18O5S/c1-4-21-15(18)10-22-13-9-14(23-16(13)17(19)20-3)12-8-6-5-7-11(12)2/h5-9H,4,10H2,1-3H3. The number of esters is 2. The molecule has 0 atom stereocenters. The Bertz CT molecular complexity index is 705. The van der Waals surface area contributed by atoms with Gasteiger partial charge in [0.05, 0.1) is 13.7 Å². The van der Waals surface area contributed by atoms with Crippen LogP contribution in [-0.2, 0) is 14.3 Å². The fraction of sp³-hybridized carbons (Fsp3) is 0.294. The number of benzene rings is 1. The summed E-state index contributed by atoms with van der Waals surface area (Å²) < 4.78 is 15.1. The molecule has 0 aliphatic rings. The molecule has 23 heavy (non-hydrogen) atoms. The summed E-state index contributed by atoms with van der Waals surface area (Å²) in [6, 6.07) is 9.59. The molecule has 6 heteroatoms. The van der Waals surface area contributed by atoms with Crippen molar-refractivity contribution in [2.75, 3.05) is 20.3 Å². The SMILES string of the molecule is CCOC(=O)COc1cc(-c2ccccc2C)sc1C(=O)OC. The van der Waals surface area contributed by atoms with E-state index in [0.29, 0.717) is 10.6 Å². The van der Waals surface area contributed by atoms with Crippen LogP contribution in [0.5, 0.6) is 5.75 Å². The Morgan fingerprint density at radius 3 is 2.61 bits per heavy atom. The Kier molecular flexibility index (Phi) is 5.76. The van der Waals surface area contributed by atoms with Gasteiger partial charge in [-0.3, -0.25) is 0 Å². The van der Waals surface area contributed by atoms with Crippen LogP contribution >= 0.6 is 11.3 Å². The van der Waals surface area contributed by atoms with Gasteiger partial charge in [0.1, 0.15) is 5.75 Å². The summed E-state index contributed by atoms with van der Waals surface area (Å²) in [6.45, 7) is 3.75. The van der Waals surface area contributed by atoms with Crippen LogP contribution in [0.25, 0.3) is 10.4 Å². The van der Waals surface area contributed by atoms with Crippen molar-refractivity contribution in [3.63, 3.8) is 0 Å². The third kappa shape index (κ3) is 4.10. The van der Waals surface area contributed by atoms with Gasteiger partial charge >= 0.3 is 11.9 Å². The van der Waals surface area contributed by atoms with Crippen LogP contribution in [0.3, 0.4) is 0 Å². The number of rotatable bonds is 6. The summed E-state index contributed by atoms with van der Waals surface area (Å²) in [6.07, 6.45) is 0. The second-order valence-corrected chi connectivity index (χ2v) is 5.76. The molecule has 0 aliphatic heterocycles. The van der Waals surface area contributed by atoms with Gasteiger partial charge in [0, 0.05) is 4.88 Å². The second kappa shape index (κ2) is 7.78. The monoisotopic (exact) mass is 334 g/mol. The lowest BCUT2D eigenvalue weighted by molar-refractivity contribution is -0.145. The lowest BCUT2D eigenvalue weighted by atomic mass is 10.1. The van der Waals surface area contributed by atoms with Crippen molar-refractivity contribution in [3.05, 3.63) is 40.8 Å². The van der Waals surface area contributed by atoms with Gasteiger partial charge in [-0.15, -0.1) is 11.3 Å². The van der Waals surface area contributed by atoms with Crippen molar-refractivity contribution in [3.8, 4) is 16.2 Å². The Morgan fingerprint density at radius 1 is 1.22 bits per heavy atom. The van der Waals surface area contributed by atoms with Crippen molar-refractivity contribution >= 4 is 23.3 Å². The van der Waals surface area contributed by atoms with Crippen LogP contribution in [0.15, 0.2) is 30.3 Å². The average molecular weight is 334 g/mol. The highest BCUT2D eigenvalue weighted by atomic mass is 32.1. The zero-order valence-corrected chi connectivity index (χ0v) is 14.1. The maximum atomic E-state index is 11.9. The molecule has 0 unspecified atom stereocenters. The third-order valence-corrected chi connectivity index (χ3v) is 4.26. The highest BCUT2D eigenvalue weighted by molar-refractivity contribution is 7.17. The van der Waals surface area contributed by atoms with Gasteiger partial charge in [-0.1, -0.05) is 24.3 Å². The first-order valence-electron chi connectivity index (χ1n) is 7.13. The van der Waals surface area contributed by atoms with E-state index in [4.69, 9.17) is 14.2 Å². The minimum atomic E-state index is -0.492. The zero-order valence-electron chi connectivity index (χ0n) is 13.3. The minimum Gasteiger partial charge on any atom is -0.480 e. The first kappa shape index (κ1) is 17.0. The van der Waals surface area contributed by atoms with E-state index in [-0.39, 0.29) is 13.2 Å². The molecule has 2 aromatic rings. The number of methoxy groups -OCH3 is 1. The predicted octanol–water partition coefficient (Wildman–Crippen LogP) is 3.45. The molecule has 1 aromatic carbocycles. The first-order valence-corrected chi connectivity index (χ1v) is 7.95. The molecular formula is C17H18O5S. The van der Waals surface area contributed by atoms with Gasteiger partial charge in [0.2, 0.25) is 0 Å². The lowest BCUT2D eigenvalue weighted by Gasteiger charge is -2.05. The molecule has 1 heterocycles. The van der Waals surface area contributed by atoms with E-state index in [1.807, 2.05) is 31.2 Å². The summed E-state index contributed by atoms with van der Waals surface area (Å²) in [5.74, 6) is -0.645. The van der Waals surface area contributed by atoms with Gasteiger partial charge in [-0.25, -0.2) is 9.59 Å². The molecule has 0 fully saturated rings. The molecule has 0 saturated heterocycles. The summed E-state index contributed by atoms with van der Waals surface area (Å²) in [4.78, 5) is 24.6. The maximum absolute atomic E-state index is 11.9. The number of ether oxygens (including phenoxy) is 3. The molecule has 1 aromatic heterocycles. The highest BCUT2D eigenvalue weighted by Crippen LogP contribution is 2.38. The molecular weight excluding hydrogens is 316 g/mol. The molecule has 0 spiro atoms. The van der Waals surface area contributed by atoms with Crippen LogP contribution < -0.4 is 4.74 Å². The lowest BCUT2D eigenvalue weighted by Crippen LogP contribution is -2.15. The Balaban J connectivity index is 2.31. The summed E-state index contributed by atoms with van der Waals surface area (Å²) >= 11 is 1.27. The number of carbonyl (C=O) groups excluding carboxylic acids is 2. The average Bonchev–Trinajstić information content (AvgIpc) is 2.97. The molecule has 0 radical (unpaired) electrons. The van der Waals surface area contributed by atoms with Crippen molar-refractivity contribution in [1.29, 1.82) is 0 Å². The third-order valence-electron chi connectivity index (χ3n) is 3.13.